The van der Waals surface area contributed by atoms with E-state index >= 15 is 0 Å². The Bertz CT molecular complexity index is 1030. The van der Waals surface area contributed by atoms with Crippen LogP contribution in [0.2, 0.25) is 0 Å². The number of esters is 1. The highest BCUT2D eigenvalue weighted by molar-refractivity contribution is 6.00. The smallest absolute Gasteiger partial charge is 0.461 e. The Morgan fingerprint density at radius 1 is 1.11 bits per heavy atom. The molecule has 0 radical (unpaired) electrons. The van der Waals surface area contributed by atoms with Gasteiger partial charge in [-0.15, -0.1) is 13.2 Å². The lowest BCUT2D eigenvalue weighted by atomic mass is 10.2. The largest absolute Gasteiger partial charge is 0.573 e. The molecule has 0 fully saturated rings. The van der Waals surface area contributed by atoms with Gasteiger partial charge in [0.05, 0.1) is 12.1 Å². The van der Waals surface area contributed by atoms with E-state index in [1.165, 1.54) is 18.2 Å². The summed E-state index contributed by atoms with van der Waals surface area (Å²) in [7, 11) is 0. The van der Waals surface area contributed by atoms with Crippen molar-refractivity contribution in [2.45, 2.75) is 13.3 Å². The molecule has 0 bridgehead atoms. The van der Waals surface area contributed by atoms with Gasteiger partial charge in [-0.2, -0.15) is 0 Å². The van der Waals surface area contributed by atoms with Gasteiger partial charge in [0.1, 0.15) is 11.5 Å². The van der Waals surface area contributed by atoms with Gasteiger partial charge < -0.3 is 19.8 Å². The maximum absolute atomic E-state index is 14.1. The zero-order chi connectivity index (χ0) is 20.5. The lowest BCUT2D eigenvalue weighted by Crippen LogP contribution is -2.18. The SMILES string of the molecule is CCOC(=O)c1cc2c(Nc3ccc(F)c(OC(F)(F)F)c3)ccc(F)c2[nH]1. The number of aromatic amines is 1. The average molecular weight is 400 g/mol. The second-order valence-corrected chi connectivity index (χ2v) is 5.61. The number of ether oxygens (including phenoxy) is 2. The molecule has 0 aliphatic heterocycles. The van der Waals surface area contributed by atoms with Crippen molar-refractivity contribution >= 4 is 28.2 Å². The van der Waals surface area contributed by atoms with Crippen LogP contribution in [-0.4, -0.2) is 23.9 Å². The molecule has 0 aliphatic carbocycles. The summed E-state index contributed by atoms with van der Waals surface area (Å²) in [6.07, 6.45) is -5.06. The molecule has 3 aromatic rings. The summed E-state index contributed by atoms with van der Waals surface area (Å²) in [5.41, 5.74) is 0.340. The Balaban J connectivity index is 1.97. The summed E-state index contributed by atoms with van der Waals surface area (Å²) in [5, 5.41) is 3.01. The second-order valence-electron chi connectivity index (χ2n) is 5.61. The number of benzene rings is 2. The predicted molar refractivity (Wildman–Crippen MR) is 90.6 cm³/mol. The molecule has 0 unspecified atom stereocenters. The molecule has 0 saturated heterocycles. The summed E-state index contributed by atoms with van der Waals surface area (Å²) in [6, 6.07) is 6.57. The van der Waals surface area contributed by atoms with Crippen molar-refractivity contribution in [2.75, 3.05) is 11.9 Å². The van der Waals surface area contributed by atoms with Gasteiger partial charge in [0.15, 0.2) is 11.6 Å². The Hall–Kier alpha value is -3.30. The Kier molecular flexibility index (Phi) is 5.12. The molecule has 0 atom stereocenters. The first-order valence-electron chi connectivity index (χ1n) is 7.98. The quantitative estimate of drug-likeness (QED) is 0.453. The number of anilines is 2. The van der Waals surface area contributed by atoms with E-state index in [1.54, 1.807) is 6.92 Å². The molecule has 5 nitrogen and oxygen atoms in total. The third-order valence-corrected chi connectivity index (χ3v) is 3.67. The van der Waals surface area contributed by atoms with Crippen LogP contribution < -0.4 is 10.1 Å². The fraction of sp³-hybridized carbons (Fsp3) is 0.167. The van der Waals surface area contributed by atoms with Crippen LogP contribution in [0.4, 0.5) is 33.3 Å². The number of aromatic nitrogens is 1. The minimum Gasteiger partial charge on any atom is -0.461 e. The number of halogens is 5. The van der Waals surface area contributed by atoms with Crippen LogP contribution in [0.15, 0.2) is 36.4 Å². The van der Waals surface area contributed by atoms with E-state index < -0.39 is 29.7 Å². The molecule has 2 N–H and O–H groups in total. The third-order valence-electron chi connectivity index (χ3n) is 3.67. The number of hydrogen-bond donors (Lipinski definition) is 2. The first-order chi connectivity index (χ1) is 13.2. The van der Waals surface area contributed by atoms with E-state index in [-0.39, 0.29) is 34.6 Å². The molecule has 1 aromatic heterocycles. The van der Waals surface area contributed by atoms with Gasteiger partial charge in [-0.05, 0) is 37.3 Å². The lowest BCUT2D eigenvalue weighted by Gasteiger charge is -2.13. The molecule has 0 amide bonds. The number of hydrogen-bond acceptors (Lipinski definition) is 4. The fourth-order valence-electron chi connectivity index (χ4n) is 2.55. The molecule has 1 heterocycles. The summed E-state index contributed by atoms with van der Waals surface area (Å²) in [4.78, 5) is 14.5. The van der Waals surface area contributed by atoms with E-state index in [9.17, 15) is 26.7 Å². The van der Waals surface area contributed by atoms with Crippen molar-refractivity contribution in [3.8, 4) is 5.75 Å². The summed E-state index contributed by atoms with van der Waals surface area (Å²) < 4.78 is 73.2. The van der Waals surface area contributed by atoms with Crippen LogP contribution in [0.5, 0.6) is 5.75 Å². The van der Waals surface area contributed by atoms with Crippen molar-refractivity contribution in [1.82, 2.24) is 4.98 Å². The molecule has 28 heavy (non-hydrogen) atoms. The van der Waals surface area contributed by atoms with Gasteiger partial charge >= 0.3 is 12.3 Å². The monoisotopic (exact) mass is 400 g/mol. The van der Waals surface area contributed by atoms with E-state index in [0.29, 0.717) is 0 Å². The van der Waals surface area contributed by atoms with Gasteiger partial charge in [-0.1, -0.05) is 0 Å². The minimum absolute atomic E-state index is 0.00179. The normalized spacial score (nSPS) is 11.5. The Labute approximate surface area is 155 Å². The first-order valence-corrected chi connectivity index (χ1v) is 7.98. The molecular weight excluding hydrogens is 387 g/mol. The number of H-pyrrole nitrogens is 1. The van der Waals surface area contributed by atoms with Crippen molar-refractivity contribution in [3.05, 3.63) is 53.7 Å². The minimum atomic E-state index is -5.06. The molecule has 10 heteroatoms. The van der Waals surface area contributed by atoms with Crippen LogP contribution >= 0.6 is 0 Å². The molecular formula is C18H13F5N2O3. The van der Waals surface area contributed by atoms with Gasteiger partial charge in [0.2, 0.25) is 0 Å². The van der Waals surface area contributed by atoms with Gasteiger partial charge in [0.25, 0.3) is 0 Å². The highest BCUT2D eigenvalue weighted by Crippen LogP contribution is 2.33. The Morgan fingerprint density at radius 3 is 2.50 bits per heavy atom. The zero-order valence-electron chi connectivity index (χ0n) is 14.3. The predicted octanol–water partition coefficient (Wildman–Crippen LogP) is 5.27. The van der Waals surface area contributed by atoms with Gasteiger partial charge in [-0.3, -0.25) is 0 Å². The molecule has 0 saturated carbocycles. The fourth-order valence-corrected chi connectivity index (χ4v) is 2.55. The van der Waals surface area contributed by atoms with E-state index in [0.717, 1.165) is 18.2 Å². The zero-order valence-corrected chi connectivity index (χ0v) is 14.3. The van der Waals surface area contributed by atoms with Gasteiger partial charge in [0, 0.05) is 22.8 Å². The third kappa shape index (κ3) is 4.16. The number of fused-ring (bicyclic) bond motifs is 1. The Morgan fingerprint density at radius 2 is 1.82 bits per heavy atom. The molecule has 2 aromatic carbocycles. The van der Waals surface area contributed by atoms with Crippen LogP contribution in [0, 0.1) is 11.6 Å². The molecule has 148 valence electrons. The van der Waals surface area contributed by atoms with E-state index in [1.807, 2.05) is 0 Å². The number of alkyl halides is 3. The van der Waals surface area contributed by atoms with Gasteiger partial charge in [-0.25, -0.2) is 13.6 Å². The maximum Gasteiger partial charge on any atom is 0.573 e. The number of nitrogens with one attached hydrogen (secondary N) is 2. The average Bonchev–Trinajstić information content (AvgIpc) is 3.06. The lowest BCUT2D eigenvalue weighted by molar-refractivity contribution is -0.275. The number of carbonyl (C=O) groups is 1. The summed E-state index contributed by atoms with van der Waals surface area (Å²) >= 11 is 0. The first kappa shape index (κ1) is 19.5. The molecule has 0 spiro atoms. The number of rotatable bonds is 5. The summed E-state index contributed by atoms with van der Waals surface area (Å²) in [5.74, 6) is -3.54. The topological polar surface area (TPSA) is 63.4 Å². The highest BCUT2D eigenvalue weighted by Gasteiger charge is 2.32. The van der Waals surface area contributed by atoms with E-state index in [4.69, 9.17) is 4.74 Å². The van der Waals surface area contributed by atoms with Crippen LogP contribution in [0.1, 0.15) is 17.4 Å². The standard InChI is InChI=1S/C18H13F5N2O3/c1-2-27-17(26)14-8-10-13(6-5-12(20)16(10)25-14)24-9-3-4-11(19)15(7-9)28-18(21,22)23/h3-8,24-25H,2H2,1H3. The number of carbonyl (C=O) groups excluding carboxylic acids is 1. The van der Waals surface area contributed by atoms with Crippen molar-refractivity contribution in [1.29, 1.82) is 0 Å². The maximum atomic E-state index is 14.1. The molecule has 3 rings (SSSR count). The molecule has 0 aliphatic rings. The van der Waals surface area contributed by atoms with Crippen molar-refractivity contribution in [2.24, 2.45) is 0 Å². The van der Waals surface area contributed by atoms with Crippen LogP contribution in [-0.2, 0) is 4.74 Å². The highest BCUT2D eigenvalue weighted by atomic mass is 19.4. The second kappa shape index (κ2) is 7.37. The van der Waals surface area contributed by atoms with E-state index in [2.05, 4.69) is 15.0 Å². The van der Waals surface area contributed by atoms with Crippen molar-refractivity contribution in [3.63, 3.8) is 0 Å². The van der Waals surface area contributed by atoms with Crippen molar-refractivity contribution < 1.29 is 36.2 Å². The summed E-state index contributed by atoms with van der Waals surface area (Å²) in [6.45, 7) is 1.74. The van der Waals surface area contributed by atoms with Crippen LogP contribution in [0.25, 0.3) is 10.9 Å². The van der Waals surface area contributed by atoms with Crippen LogP contribution in [0.3, 0.4) is 0 Å².